The first-order valence-corrected chi connectivity index (χ1v) is 10.1. The number of rotatable bonds is 7. The van der Waals surface area contributed by atoms with Crippen LogP contribution in [0.25, 0.3) is 0 Å². The summed E-state index contributed by atoms with van der Waals surface area (Å²) in [5, 5.41) is 3.20. The van der Waals surface area contributed by atoms with Crippen LogP contribution >= 0.6 is 0 Å². The molecule has 154 valence electrons. The number of aryl methyl sites for hydroxylation is 1. The molecule has 2 amide bonds. The Morgan fingerprint density at radius 3 is 2.76 bits per heavy atom. The Kier molecular flexibility index (Phi) is 7.36. The highest BCUT2D eigenvalue weighted by Gasteiger charge is 2.32. The van der Waals surface area contributed by atoms with Crippen LogP contribution in [0.1, 0.15) is 46.9 Å². The van der Waals surface area contributed by atoms with Crippen molar-refractivity contribution in [1.29, 1.82) is 0 Å². The number of piperidine rings is 1. The Hall–Kier alpha value is -2.73. The molecule has 1 N–H and O–H groups in total. The van der Waals surface area contributed by atoms with Gasteiger partial charge in [0.2, 0.25) is 5.91 Å². The van der Waals surface area contributed by atoms with Crippen LogP contribution in [0.15, 0.2) is 48.7 Å². The predicted molar refractivity (Wildman–Crippen MR) is 111 cm³/mol. The van der Waals surface area contributed by atoms with Crippen molar-refractivity contribution < 1.29 is 14.3 Å². The summed E-state index contributed by atoms with van der Waals surface area (Å²) in [5.41, 5.74) is 2.42. The van der Waals surface area contributed by atoms with Crippen molar-refractivity contribution in [3.05, 3.63) is 65.5 Å². The molecular formula is C23H29N3O3. The van der Waals surface area contributed by atoms with E-state index in [1.807, 2.05) is 54.3 Å². The Labute approximate surface area is 172 Å². The third-order valence-electron chi connectivity index (χ3n) is 5.48. The SMILES string of the molecule is COCCC(=O)N1CCC[C@H]([C@@H](NC(=O)c2ccccc2C)c2ccccn2)C1. The zero-order chi connectivity index (χ0) is 20.6. The summed E-state index contributed by atoms with van der Waals surface area (Å²) in [6, 6.07) is 13.0. The maximum atomic E-state index is 13.0. The van der Waals surface area contributed by atoms with Gasteiger partial charge in [0, 0.05) is 37.9 Å². The highest BCUT2D eigenvalue weighted by atomic mass is 16.5. The number of pyridine rings is 1. The zero-order valence-electron chi connectivity index (χ0n) is 17.1. The molecule has 3 rings (SSSR count). The molecule has 1 aromatic carbocycles. The van der Waals surface area contributed by atoms with Crippen molar-refractivity contribution in [2.75, 3.05) is 26.8 Å². The second kappa shape index (κ2) is 10.2. The monoisotopic (exact) mass is 395 g/mol. The van der Waals surface area contributed by atoms with E-state index in [-0.39, 0.29) is 23.8 Å². The van der Waals surface area contributed by atoms with E-state index in [9.17, 15) is 9.59 Å². The van der Waals surface area contributed by atoms with Crippen molar-refractivity contribution in [2.45, 2.75) is 32.2 Å². The van der Waals surface area contributed by atoms with Crippen LogP contribution < -0.4 is 5.32 Å². The van der Waals surface area contributed by atoms with E-state index in [1.165, 1.54) is 0 Å². The Balaban J connectivity index is 1.80. The van der Waals surface area contributed by atoms with Gasteiger partial charge in [0.05, 0.1) is 24.8 Å². The number of nitrogens with one attached hydrogen (secondary N) is 1. The van der Waals surface area contributed by atoms with Gasteiger partial charge < -0.3 is 15.0 Å². The standard InChI is InChI=1S/C23H29N3O3/c1-17-8-3-4-10-19(17)23(28)25-22(20-11-5-6-13-24-20)18-9-7-14-26(16-18)21(27)12-15-29-2/h3-6,8,10-11,13,18,22H,7,9,12,14-16H2,1-2H3,(H,25,28)/t18-,22+/m0/s1. The van der Waals surface area contributed by atoms with E-state index in [0.717, 1.165) is 30.6 Å². The second-order valence-corrected chi connectivity index (χ2v) is 7.51. The zero-order valence-corrected chi connectivity index (χ0v) is 17.1. The minimum atomic E-state index is -0.249. The summed E-state index contributed by atoms with van der Waals surface area (Å²) in [5.74, 6) is 0.0984. The van der Waals surface area contributed by atoms with E-state index in [2.05, 4.69) is 10.3 Å². The average molecular weight is 396 g/mol. The first kappa shape index (κ1) is 21.0. The maximum Gasteiger partial charge on any atom is 0.252 e. The summed E-state index contributed by atoms with van der Waals surface area (Å²) in [6.07, 6.45) is 3.97. The van der Waals surface area contributed by atoms with Crippen LogP contribution in [-0.4, -0.2) is 48.5 Å². The fraction of sp³-hybridized carbons (Fsp3) is 0.435. The normalized spacial score (nSPS) is 17.6. The molecule has 1 saturated heterocycles. The van der Waals surface area contributed by atoms with Crippen molar-refractivity contribution in [3.8, 4) is 0 Å². The maximum absolute atomic E-state index is 13.0. The molecule has 1 aromatic heterocycles. The van der Waals surface area contributed by atoms with E-state index < -0.39 is 0 Å². The number of nitrogens with zero attached hydrogens (tertiary/aromatic N) is 2. The molecule has 0 aliphatic carbocycles. The minimum Gasteiger partial charge on any atom is -0.384 e. The lowest BCUT2D eigenvalue weighted by atomic mass is 9.88. The van der Waals surface area contributed by atoms with Crippen LogP contribution in [0, 0.1) is 12.8 Å². The number of aromatic nitrogens is 1. The quantitative estimate of drug-likeness (QED) is 0.782. The van der Waals surface area contributed by atoms with Crippen LogP contribution in [0.2, 0.25) is 0 Å². The first-order valence-electron chi connectivity index (χ1n) is 10.1. The van der Waals surface area contributed by atoms with E-state index in [1.54, 1.807) is 13.3 Å². The number of methoxy groups -OCH3 is 1. The van der Waals surface area contributed by atoms with Crippen LogP contribution in [0.3, 0.4) is 0 Å². The predicted octanol–water partition coefficient (Wildman–Crippen LogP) is 3.14. The van der Waals surface area contributed by atoms with Gasteiger partial charge in [-0.25, -0.2) is 0 Å². The van der Waals surface area contributed by atoms with Crippen LogP contribution in [0.5, 0.6) is 0 Å². The van der Waals surface area contributed by atoms with Crippen molar-refractivity contribution in [2.24, 2.45) is 5.92 Å². The van der Waals surface area contributed by atoms with Crippen molar-refractivity contribution in [1.82, 2.24) is 15.2 Å². The summed E-state index contributed by atoms with van der Waals surface area (Å²) in [4.78, 5) is 31.9. The van der Waals surface area contributed by atoms with Crippen LogP contribution in [0.4, 0.5) is 0 Å². The first-order chi connectivity index (χ1) is 14.1. The topological polar surface area (TPSA) is 71.5 Å². The molecule has 29 heavy (non-hydrogen) atoms. The van der Waals surface area contributed by atoms with E-state index >= 15 is 0 Å². The highest BCUT2D eigenvalue weighted by molar-refractivity contribution is 5.95. The molecule has 1 fully saturated rings. The van der Waals surface area contributed by atoms with Gasteiger partial charge >= 0.3 is 0 Å². The van der Waals surface area contributed by atoms with E-state index in [4.69, 9.17) is 4.74 Å². The van der Waals surface area contributed by atoms with Gasteiger partial charge in [0.1, 0.15) is 0 Å². The number of hydrogen-bond acceptors (Lipinski definition) is 4. The molecule has 2 aromatic rings. The van der Waals surface area contributed by atoms with Gasteiger partial charge in [-0.15, -0.1) is 0 Å². The molecule has 0 radical (unpaired) electrons. The summed E-state index contributed by atoms with van der Waals surface area (Å²) in [6.45, 7) is 3.72. The third kappa shape index (κ3) is 5.41. The summed E-state index contributed by atoms with van der Waals surface area (Å²) >= 11 is 0. The Bertz CT molecular complexity index is 825. The summed E-state index contributed by atoms with van der Waals surface area (Å²) < 4.78 is 5.05. The molecule has 0 bridgehead atoms. The summed E-state index contributed by atoms with van der Waals surface area (Å²) in [7, 11) is 1.60. The minimum absolute atomic E-state index is 0.0987. The highest BCUT2D eigenvalue weighted by Crippen LogP contribution is 2.30. The number of carbonyl (C=O) groups excluding carboxylic acids is 2. The fourth-order valence-corrected chi connectivity index (χ4v) is 3.90. The fourth-order valence-electron chi connectivity index (χ4n) is 3.90. The van der Waals surface area contributed by atoms with Gasteiger partial charge in [0.15, 0.2) is 0 Å². The lowest BCUT2D eigenvalue weighted by Crippen LogP contribution is -2.45. The molecule has 1 aliphatic rings. The van der Waals surface area contributed by atoms with Gasteiger partial charge in [0.25, 0.3) is 5.91 Å². The molecule has 1 aliphatic heterocycles. The molecule has 0 spiro atoms. The molecule has 2 atom stereocenters. The van der Waals surface area contributed by atoms with Crippen LogP contribution in [-0.2, 0) is 9.53 Å². The molecule has 0 saturated carbocycles. The molecular weight excluding hydrogens is 366 g/mol. The Morgan fingerprint density at radius 2 is 2.03 bits per heavy atom. The van der Waals surface area contributed by atoms with Gasteiger partial charge in [-0.05, 0) is 43.5 Å². The van der Waals surface area contributed by atoms with Gasteiger partial charge in [-0.1, -0.05) is 24.3 Å². The smallest absolute Gasteiger partial charge is 0.252 e. The Morgan fingerprint density at radius 1 is 1.24 bits per heavy atom. The lowest BCUT2D eigenvalue weighted by Gasteiger charge is -2.37. The van der Waals surface area contributed by atoms with Gasteiger partial charge in [-0.3, -0.25) is 14.6 Å². The number of amides is 2. The number of likely N-dealkylation sites (tertiary alicyclic amines) is 1. The lowest BCUT2D eigenvalue weighted by molar-refractivity contribution is -0.134. The molecule has 2 heterocycles. The van der Waals surface area contributed by atoms with Gasteiger partial charge in [-0.2, -0.15) is 0 Å². The second-order valence-electron chi connectivity index (χ2n) is 7.51. The number of carbonyl (C=O) groups is 2. The number of hydrogen-bond donors (Lipinski definition) is 1. The number of benzene rings is 1. The van der Waals surface area contributed by atoms with Crippen molar-refractivity contribution in [3.63, 3.8) is 0 Å². The molecule has 6 heteroatoms. The average Bonchev–Trinajstić information content (AvgIpc) is 2.76. The molecule has 6 nitrogen and oxygen atoms in total. The van der Waals surface area contributed by atoms with Crippen molar-refractivity contribution >= 4 is 11.8 Å². The molecule has 0 unspecified atom stereocenters. The van der Waals surface area contributed by atoms with E-state index in [0.29, 0.717) is 25.1 Å². The third-order valence-corrected chi connectivity index (χ3v) is 5.48. The largest absolute Gasteiger partial charge is 0.384 e. The number of ether oxygens (including phenoxy) is 1.